The van der Waals surface area contributed by atoms with Gasteiger partial charge in [-0.25, -0.2) is 0 Å². The lowest BCUT2D eigenvalue weighted by Crippen LogP contribution is -2.43. The van der Waals surface area contributed by atoms with Gasteiger partial charge in [0.1, 0.15) is 6.17 Å². The molecule has 1 heterocycles. The molecule has 3 aromatic rings. The molecule has 0 aromatic heterocycles. The quantitative estimate of drug-likeness (QED) is 0.723. The normalized spacial score (nSPS) is 15.9. The number of benzene rings is 3. The number of anilines is 2. The molecule has 0 unspecified atom stereocenters. The molecule has 0 bridgehead atoms. The zero-order valence-electron chi connectivity index (χ0n) is 15.1. The second kappa shape index (κ2) is 6.68. The predicted octanol–water partition coefficient (Wildman–Crippen LogP) is 4.48. The Labute approximate surface area is 157 Å². The number of nitrogens with zero attached hydrogens (tertiary/aromatic N) is 1. The molecule has 1 aliphatic rings. The summed E-state index contributed by atoms with van der Waals surface area (Å²) < 4.78 is 5.25. The van der Waals surface area contributed by atoms with Crippen molar-refractivity contribution >= 4 is 17.3 Å². The number of rotatable bonds is 3. The Morgan fingerprint density at radius 1 is 1.04 bits per heavy atom. The second-order valence-corrected chi connectivity index (χ2v) is 6.50. The number of carbonyl (C=O) groups excluding carboxylic acids is 1. The van der Waals surface area contributed by atoms with E-state index in [0.29, 0.717) is 16.9 Å². The molecular formula is C22H20N2O3. The van der Waals surface area contributed by atoms with E-state index in [1.807, 2.05) is 49.4 Å². The molecule has 1 atom stereocenters. The van der Waals surface area contributed by atoms with E-state index in [0.717, 1.165) is 16.9 Å². The number of aryl methyl sites for hydroxylation is 1. The van der Waals surface area contributed by atoms with Crippen LogP contribution in [0.15, 0.2) is 66.7 Å². The highest BCUT2D eigenvalue weighted by Crippen LogP contribution is 2.42. The van der Waals surface area contributed by atoms with Crippen molar-refractivity contribution in [3.63, 3.8) is 0 Å². The first-order valence-electron chi connectivity index (χ1n) is 8.72. The molecule has 1 amide bonds. The third-order valence-corrected chi connectivity index (χ3v) is 4.75. The summed E-state index contributed by atoms with van der Waals surface area (Å²) in [7, 11) is 1.51. The van der Waals surface area contributed by atoms with Crippen LogP contribution in [-0.2, 0) is 0 Å². The molecule has 0 fully saturated rings. The van der Waals surface area contributed by atoms with E-state index in [1.165, 1.54) is 7.11 Å². The lowest BCUT2D eigenvalue weighted by Gasteiger charge is -2.38. The van der Waals surface area contributed by atoms with Gasteiger partial charge >= 0.3 is 0 Å². The maximum atomic E-state index is 13.4. The van der Waals surface area contributed by atoms with Gasteiger partial charge in [-0.05, 0) is 42.8 Å². The molecule has 0 saturated heterocycles. The summed E-state index contributed by atoms with van der Waals surface area (Å²) in [6, 6.07) is 20.4. The van der Waals surface area contributed by atoms with E-state index in [-0.39, 0.29) is 11.7 Å². The smallest absolute Gasteiger partial charge is 0.262 e. The van der Waals surface area contributed by atoms with Crippen LogP contribution in [0.4, 0.5) is 11.4 Å². The molecule has 0 spiro atoms. The summed E-state index contributed by atoms with van der Waals surface area (Å²) in [6.07, 6.45) is -0.565. The van der Waals surface area contributed by atoms with Gasteiger partial charge < -0.3 is 15.2 Å². The number of hydrogen-bond donors (Lipinski definition) is 2. The van der Waals surface area contributed by atoms with Crippen LogP contribution < -0.4 is 15.0 Å². The number of ether oxygens (including phenoxy) is 1. The summed E-state index contributed by atoms with van der Waals surface area (Å²) in [5.74, 6) is 0.259. The van der Waals surface area contributed by atoms with Crippen molar-refractivity contribution in [2.24, 2.45) is 0 Å². The zero-order valence-corrected chi connectivity index (χ0v) is 15.1. The highest BCUT2D eigenvalue weighted by atomic mass is 16.5. The number of fused-ring (bicyclic) bond motifs is 1. The lowest BCUT2D eigenvalue weighted by atomic mass is 10.0. The zero-order chi connectivity index (χ0) is 19.0. The van der Waals surface area contributed by atoms with Crippen molar-refractivity contribution in [1.29, 1.82) is 0 Å². The number of hydrogen-bond acceptors (Lipinski definition) is 4. The van der Waals surface area contributed by atoms with Gasteiger partial charge in [0.25, 0.3) is 5.91 Å². The summed E-state index contributed by atoms with van der Waals surface area (Å²) in [6.45, 7) is 1.98. The van der Waals surface area contributed by atoms with Gasteiger partial charge in [0.2, 0.25) is 0 Å². The number of phenolic OH excluding ortho intramolecular Hbond substituents is 1. The van der Waals surface area contributed by atoms with E-state index in [1.54, 1.807) is 29.2 Å². The average molecular weight is 360 g/mol. The maximum Gasteiger partial charge on any atom is 0.262 e. The van der Waals surface area contributed by atoms with Crippen LogP contribution >= 0.6 is 0 Å². The molecule has 0 aliphatic carbocycles. The lowest BCUT2D eigenvalue weighted by molar-refractivity contribution is 0.0974. The summed E-state index contributed by atoms with van der Waals surface area (Å²) in [4.78, 5) is 15.0. The topological polar surface area (TPSA) is 61.8 Å². The van der Waals surface area contributed by atoms with Gasteiger partial charge in [0.15, 0.2) is 11.5 Å². The number of para-hydroxylation sites is 2. The molecule has 0 radical (unpaired) electrons. The first-order chi connectivity index (χ1) is 13.1. The molecular weight excluding hydrogens is 340 g/mol. The Hall–Kier alpha value is -3.47. The molecule has 2 N–H and O–H groups in total. The van der Waals surface area contributed by atoms with E-state index in [9.17, 15) is 9.90 Å². The molecule has 27 heavy (non-hydrogen) atoms. The Kier molecular flexibility index (Phi) is 4.20. The fraction of sp³-hybridized carbons (Fsp3) is 0.136. The standard InChI is InChI=1S/C22H20N2O3/c1-14-7-5-8-15(13-14)24-21(17-10-6-12-19(27-2)20(17)25)23-18-11-4-3-9-16(18)22(24)26/h3-13,21,23,25H,1-2H3/t21-/m0/s1. The monoisotopic (exact) mass is 360 g/mol. The molecule has 5 nitrogen and oxygen atoms in total. The molecule has 1 aliphatic heterocycles. The number of carbonyl (C=O) groups is 1. The largest absolute Gasteiger partial charge is 0.504 e. The van der Waals surface area contributed by atoms with E-state index < -0.39 is 6.17 Å². The Balaban J connectivity index is 1.91. The van der Waals surface area contributed by atoms with Gasteiger partial charge in [-0.2, -0.15) is 0 Å². The Bertz CT molecular complexity index is 1020. The van der Waals surface area contributed by atoms with Crippen molar-refractivity contribution in [2.45, 2.75) is 13.1 Å². The van der Waals surface area contributed by atoms with E-state index in [2.05, 4.69) is 5.32 Å². The predicted molar refractivity (Wildman–Crippen MR) is 105 cm³/mol. The fourth-order valence-electron chi connectivity index (χ4n) is 3.44. The van der Waals surface area contributed by atoms with Gasteiger partial charge in [-0.15, -0.1) is 0 Å². The van der Waals surface area contributed by atoms with Gasteiger partial charge in [0.05, 0.1) is 12.7 Å². The third-order valence-electron chi connectivity index (χ3n) is 4.75. The molecule has 136 valence electrons. The van der Waals surface area contributed by atoms with E-state index in [4.69, 9.17) is 4.74 Å². The Morgan fingerprint density at radius 2 is 1.81 bits per heavy atom. The third kappa shape index (κ3) is 2.87. The summed E-state index contributed by atoms with van der Waals surface area (Å²) in [5.41, 5.74) is 3.71. The van der Waals surface area contributed by atoms with Crippen LogP contribution in [0.25, 0.3) is 0 Å². The number of methoxy groups -OCH3 is 1. The van der Waals surface area contributed by atoms with Gasteiger partial charge in [-0.3, -0.25) is 9.69 Å². The second-order valence-electron chi connectivity index (χ2n) is 6.50. The number of aromatic hydroxyl groups is 1. The van der Waals surface area contributed by atoms with Crippen molar-refractivity contribution in [3.8, 4) is 11.5 Å². The van der Waals surface area contributed by atoms with E-state index >= 15 is 0 Å². The first-order valence-corrected chi connectivity index (χ1v) is 8.72. The van der Waals surface area contributed by atoms with Crippen molar-refractivity contribution in [1.82, 2.24) is 0 Å². The van der Waals surface area contributed by atoms with Crippen molar-refractivity contribution in [2.75, 3.05) is 17.3 Å². The summed E-state index contributed by atoms with van der Waals surface area (Å²) in [5, 5.41) is 14.1. The molecule has 0 saturated carbocycles. The van der Waals surface area contributed by atoms with Crippen LogP contribution in [0.5, 0.6) is 11.5 Å². The average Bonchev–Trinajstić information content (AvgIpc) is 2.68. The molecule has 4 rings (SSSR count). The van der Waals surface area contributed by atoms with Crippen LogP contribution in [0.3, 0.4) is 0 Å². The summed E-state index contributed by atoms with van der Waals surface area (Å²) >= 11 is 0. The highest BCUT2D eigenvalue weighted by molar-refractivity contribution is 6.12. The van der Waals surface area contributed by atoms with Crippen LogP contribution in [0.1, 0.15) is 27.7 Å². The number of phenols is 1. The minimum Gasteiger partial charge on any atom is -0.504 e. The number of amides is 1. The van der Waals surface area contributed by atoms with Crippen molar-refractivity contribution < 1.29 is 14.6 Å². The molecule has 3 aromatic carbocycles. The SMILES string of the molecule is COc1cccc([C@H]2Nc3ccccc3C(=O)N2c2cccc(C)c2)c1O. The highest BCUT2D eigenvalue weighted by Gasteiger charge is 2.35. The number of nitrogens with one attached hydrogen (secondary N) is 1. The first kappa shape index (κ1) is 17.0. The van der Waals surface area contributed by atoms with Crippen LogP contribution in [0, 0.1) is 6.92 Å². The maximum absolute atomic E-state index is 13.4. The minimum absolute atomic E-state index is 0.0161. The van der Waals surface area contributed by atoms with Crippen LogP contribution in [-0.4, -0.2) is 18.1 Å². The van der Waals surface area contributed by atoms with Crippen LogP contribution in [0.2, 0.25) is 0 Å². The van der Waals surface area contributed by atoms with Gasteiger partial charge in [0, 0.05) is 16.9 Å². The molecule has 5 heteroatoms. The van der Waals surface area contributed by atoms with Crippen molar-refractivity contribution in [3.05, 3.63) is 83.4 Å². The Morgan fingerprint density at radius 3 is 2.59 bits per heavy atom. The van der Waals surface area contributed by atoms with Gasteiger partial charge in [-0.1, -0.05) is 36.4 Å². The fourth-order valence-corrected chi connectivity index (χ4v) is 3.44. The minimum atomic E-state index is -0.565.